The van der Waals surface area contributed by atoms with Crippen molar-refractivity contribution in [3.8, 4) is 0 Å². The van der Waals surface area contributed by atoms with Crippen LogP contribution in [0, 0.1) is 0 Å². The zero-order valence-electron chi connectivity index (χ0n) is 6.30. The zero-order valence-corrected chi connectivity index (χ0v) is 7.94. The number of aliphatic hydroxyl groups is 1. The summed E-state index contributed by atoms with van der Waals surface area (Å²) in [5.74, 6) is 0.533. The smallest absolute Gasteiger partial charge is 0.203 e. The van der Waals surface area contributed by atoms with Crippen molar-refractivity contribution in [2.75, 3.05) is 18.0 Å². The Balaban J connectivity index is 2.33. The van der Waals surface area contributed by atoms with E-state index < -0.39 is 6.10 Å². The molecule has 0 radical (unpaired) electrons. The quantitative estimate of drug-likeness (QED) is 0.576. The molecule has 12 heavy (non-hydrogen) atoms. The van der Waals surface area contributed by atoms with Gasteiger partial charge in [-0.2, -0.15) is 0 Å². The number of rotatable bonds is 4. The largest absolute Gasteiger partial charge is 0.391 e. The molecular formula is C5H10N4OS2. The third kappa shape index (κ3) is 2.94. The Bertz CT molecular complexity index is 241. The molecule has 0 saturated carbocycles. The van der Waals surface area contributed by atoms with Crippen molar-refractivity contribution in [3.05, 3.63) is 0 Å². The molecule has 0 amide bonds. The van der Waals surface area contributed by atoms with Gasteiger partial charge in [0.2, 0.25) is 5.13 Å². The number of anilines is 1. The van der Waals surface area contributed by atoms with Gasteiger partial charge in [0.25, 0.3) is 0 Å². The van der Waals surface area contributed by atoms with E-state index in [-0.39, 0.29) is 6.54 Å². The van der Waals surface area contributed by atoms with Crippen LogP contribution in [0.1, 0.15) is 0 Å². The van der Waals surface area contributed by atoms with E-state index >= 15 is 0 Å². The van der Waals surface area contributed by atoms with Crippen LogP contribution >= 0.6 is 23.1 Å². The van der Waals surface area contributed by atoms with Crippen molar-refractivity contribution in [2.45, 2.75) is 10.4 Å². The molecule has 1 aromatic heterocycles. The molecule has 68 valence electrons. The highest BCUT2D eigenvalue weighted by atomic mass is 32.2. The van der Waals surface area contributed by atoms with Crippen LogP contribution in [-0.4, -0.2) is 33.7 Å². The second-order valence-electron chi connectivity index (χ2n) is 2.11. The molecule has 1 rings (SSSR count). The van der Waals surface area contributed by atoms with Crippen LogP contribution in [0.2, 0.25) is 0 Å². The minimum Gasteiger partial charge on any atom is -0.391 e. The summed E-state index contributed by atoms with van der Waals surface area (Å²) in [6, 6.07) is 0. The molecule has 1 atom stereocenters. The normalized spacial score (nSPS) is 13.2. The summed E-state index contributed by atoms with van der Waals surface area (Å²) in [7, 11) is 0. The minimum atomic E-state index is -0.486. The van der Waals surface area contributed by atoms with Crippen molar-refractivity contribution in [1.82, 2.24) is 10.2 Å². The number of aliphatic hydroxyl groups excluding tert-OH is 1. The summed E-state index contributed by atoms with van der Waals surface area (Å²) in [6.45, 7) is 0.265. The summed E-state index contributed by atoms with van der Waals surface area (Å²) in [4.78, 5) is 0. The Labute approximate surface area is 78.2 Å². The number of nitrogens with zero attached hydrogens (tertiary/aromatic N) is 2. The van der Waals surface area contributed by atoms with Crippen LogP contribution in [0.15, 0.2) is 4.34 Å². The SMILES string of the molecule is NCC(O)CSc1nnc(N)s1. The topological polar surface area (TPSA) is 98.0 Å². The number of nitrogen functional groups attached to an aromatic ring is 1. The molecule has 0 aliphatic heterocycles. The molecule has 0 aliphatic rings. The Morgan fingerprint density at radius 3 is 2.83 bits per heavy atom. The van der Waals surface area contributed by atoms with E-state index in [1.54, 1.807) is 0 Å². The first kappa shape index (κ1) is 9.72. The van der Waals surface area contributed by atoms with Gasteiger partial charge in [-0.15, -0.1) is 10.2 Å². The fourth-order valence-electron chi connectivity index (χ4n) is 0.514. The zero-order chi connectivity index (χ0) is 8.97. The summed E-state index contributed by atoms with van der Waals surface area (Å²) in [5, 5.41) is 17.0. The third-order valence-electron chi connectivity index (χ3n) is 1.09. The van der Waals surface area contributed by atoms with Crippen LogP contribution in [-0.2, 0) is 0 Å². The molecule has 5 N–H and O–H groups in total. The first-order valence-electron chi connectivity index (χ1n) is 3.32. The van der Waals surface area contributed by atoms with Gasteiger partial charge in [0, 0.05) is 12.3 Å². The maximum Gasteiger partial charge on any atom is 0.203 e. The van der Waals surface area contributed by atoms with Crippen molar-refractivity contribution in [3.63, 3.8) is 0 Å². The number of hydrogen-bond donors (Lipinski definition) is 3. The molecule has 0 aliphatic carbocycles. The van der Waals surface area contributed by atoms with Gasteiger partial charge in [0.1, 0.15) is 0 Å². The van der Waals surface area contributed by atoms with Gasteiger partial charge in [-0.05, 0) is 0 Å². The van der Waals surface area contributed by atoms with Crippen LogP contribution < -0.4 is 11.5 Å². The maximum atomic E-state index is 9.11. The second kappa shape index (κ2) is 4.61. The lowest BCUT2D eigenvalue weighted by molar-refractivity contribution is 0.208. The van der Waals surface area contributed by atoms with Crippen LogP contribution in [0.3, 0.4) is 0 Å². The lowest BCUT2D eigenvalue weighted by Crippen LogP contribution is -2.21. The first-order valence-corrected chi connectivity index (χ1v) is 5.12. The van der Waals surface area contributed by atoms with Gasteiger partial charge in [-0.3, -0.25) is 0 Å². The highest BCUT2D eigenvalue weighted by Crippen LogP contribution is 2.23. The lowest BCUT2D eigenvalue weighted by atomic mass is 10.4. The average molecular weight is 206 g/mol. The number of hydrogen-bond acceptors (Lipinski definition) is 7. The summed E-state index contributed by atoms with van der Waals surface area (Å²) >= 11 is 2.72. The third-order valence-corrected chi connectivity index (χ3v) is 3.12. The fourth-order valence-corrected chi connectivity index (χ4v) is 2.12. The predicted octanol–water partition coefficient (Wildman–Crippen LogP) is -0.468. The summed E-state index contributed by atoms with van der Waals surface area (Å²) in [5.41, 5.74) is 10.6. The molecule has 1 unspecified atom stereocenters. The van der Waals surface area contributed by atoms with E-state index in [1.807, 2.05) is 0 Å². The Hall–Kier alpha value is -0.370. The van der Waals surface area contributed by atoms with Crippen molar-refractivity contribution in [1.29, 1.82) is 0 Å². The van der Waals surface area contributed by atoms with Crippen LogP contribution in [0.4, 0.5) is 5.13 Å². The highest BCUT2D eigenvalue weighted by Gasteiger charge is 2.05. The van der Waals surface area contributed by atoms with Gasteiger partial charge in [0.15, 0.2) is 4.34 Å². The molecule has 1 heterocycles. The predicted molar refractivity (Wildman–Crippen MR) is 50.1 cm³/mol. The Morgan fingerprint density at radius 1 is 1.58 bits per heavy atom. The summed E-state index contributed by atoms with van der Waals surface area (Å²) < 4.78 is 0.764. The van der Waals surface area contributed by atoms with Crippen molar-refractivity contribution < 1.29 is 5.11 Å². The molecule has 0 bridgehead atoms. The second-order valence-corrected chi connectivity index (χ2v) is 4.38. The maximum absolute atomic E-state index is 9.11. The van der Waals surface area contributed by atoms with E-state index in [4.69, 9.17) is 16.6 Å². The van der Waals surface area contributed by atoms with Gasteiger partial charge >= 0.3 is 0 Å². The van der Waals surface area contributed by atoms with Gasteiger partial charge in [0.05, 0.1) is 6.10 Å². The van der Waals surface area contributed by atoms with E-state index in [9.17, 15) is 0 Å². The molecule has 0 aromatic carbocycles. The molecule has 0 spiro atoms. The number of aromatic nitrogens is 2. The van der Waals surface area contributed by atoms with E-state index in [1.165, 1.54) is 23.1 Å². The van der Waals surface area contributed by atoms with E-state index in [0.29, 0.717) is 10.9 Å². The van der Waals surface area contributed by atoms with Gasteiger partial charge in [-0.1, -0.05) is 23.1 Å². The molecule has 0 fully saturated rings. The van der Waals surface area contributed by atoms with E-state index in [0.717, 1.165) is 4.34 Å². The molecule has 0 saturated heterocycles. The van der Waals surface area contributed by atoms with Crippen molar-refractivity contribution >= 4 is 28.2 Å². The van der Waals surface area contributed by atoms with Crippen LogP contribution in [0.25, 0.3) is 0 Å². The Morgan fingerprint density at radius 2 is 2.33 bits per heavy atom. The number of thioether (sulfide) groups is 1. The van der Waals surface area contributed by atoms with Gasteiger partial charge < -0.3 is 16.6 Å². The minimum absolute atomic E-state index is 0.265. The Kier molecular flexibility index (Phi) is 3.73. The number of nitrogens with two attached hydrogens (primary N) is 2. The standard InChI is InChI=1S/C5H10N4OS2/c6-1-3(10)2-11-5-9-8-4(7)12-5/h3,10H,1-2,6H2,(H2,7,8). The summed E-state index contributed by atoms with van der Waals surface area (Å²) in [6.07, 6.45) is -0.486. The molecule has 1 aromatic rings. The fraction of sp³-hybridized carbons (Fsp3) is 0.600. The highest BCUT2D eigenvalue weighted by molar-refractivity contribution is 8.01. The van der Waals surface area contributed by atoms with Crippen LogP contribution in [0.5, 0.6) is 0 Å². The molecule has 5 nitrogen and oxygen atoms in total. The lowest BCUT2D eigenvalue weighted by Gasteiger charge is -2.03. The monoisotopic (exact) mass is 206 g/mol. The molecular weight excluding hydrogens is 196 g/mol. The van der Waals surface area contributed by atoms with Gasteiger partial charge in [-0.25, -0.2) is 0 Å². The first-order chi connectivity index (χ1) is 5.72. The molecule has 7 heteroatoms. The van der Waals surface area contributed by atoms with Crippen molar-refractivity contribution in [2.24, 2.45) is 5.73 Å². The average Bonchev–Trinajstić information content (AvgIpc) is 2.47. The van der Waals surface area contributed by atoms with E-state index in [2.05, 4.69) is 10.2 Å².